The predicted molar refractivity (Wildman–Crippen MR) is 125 cm³/mol. The summed E-state index contributed by atoms with van der Waals surface area (Å²) in [4.78, 5) is 41.2. The number of hydrogen-bond donors (Lipinski definition) is 1. The lowest BCUT2D eigenvalue weighted by Gasteiger charge is -2.10. The summed E-state index contributed by atoms with van der Waals surface area (Å²) in [5, 5.41) is 16.2. The minimum atomic E-state index is -0.488. The van der Waals surface area contributed by atoms with Gasteiger partial charge in [0.2, 0.25) is 5.91 Å². The van der Waals surface area contributed by atoms with Gasteiger partial charge in [-0.15, -0.1) is 11.3 Å². The Morgan fingerprint density at radius 2 is 1.94 bits per heavy atom. The van der Waals surface area contributed by atoms with Crippen molar-refractivity contribution in [3.63, 3.8) is 0 Å². The molecule has 8 nitrogen and oxygen atoms in total. The topological polar surface area (TPSA) is 107 Å². The van der Waals surface area contributed by atoms with Crippen molar-refractivity contribution in [2.24, 2.45) is 0 Å². The molecule has 0 aliphatic heterocycles. The number of carbonyl (C=O) groups excluding carboxylic acids is 1. The Hall–Kier alpha value is -3.85. The quantitative estimate of drug-likeness (QED) is 0.340. The Labute approximate surface area is 187 Å². The highest BCUT2D eigenvalue weighted by Gasteiger charge is 2.16. The number of nitro groups is 1. The summed E-state index contributed by atoms with van der Waals surface area (Å²) in [6.45, 7) is 3.73. The smallest absolute Gasteiger partial charge is 0.274 e. The monoisotopic (exact) mass is 448 g/mol. The summed E-state index contributed by atoms with van der Waals surface area (Å²) in [5.74, 6) is -0.343. The van der Waals surface area contributed by atoms with Gasteiger partial charge in [0.25, 0.3) is 11.2 Å². The molecule has 1 N–H and O–H groups in total. The molecule has 2 heterocycles. The lowest BCUT2D eigenvalue weighted by atomic mass is 10.1. The van der Waals surface area contributed by atoms with Crippen LogP contribution in [0.15, 0.2) is 59.0 Å². The highest BCUT2D eigenvalue weighted by Crippen LogP contribution is 2.30. The molecular formula is C23H20N4O4S. The van der Waals surface area contributed by atoms with Crippen molar-refractivity contribution in [2.75, 3.05) is 5.32 Å². The van der Waals surface area contributed by atoms with E-state index >= 15 is 0 Å². The van der Waals surface area contributed by atoms with Crippen LogP contribution < -0.4 is 10.9 Å². The van der Waals surface area contributed by atoms with Gasteiger partial charge in [-0.2, -0.15) is 0 Å². The van der Waals surface area contributed by atoms with E-state index in [-0.39, 0.29) is 30.1 Å². The van der Waals surface area contributed by atoms with Crippen molar-refractivity contribution < 1.29 is 9.72 Å². The third kappa shape index (κ3) is 4.15. The van der Waals surface area contributed by atoms with Gasteiger partial charge in [-0.3, -0.25) is 24.3 Å². The summed E-state index contributed by atoms with van der Waals surface area (Å²) < 4.78 is 1.42. The lowest BCUT2D eigenvalue weighted by molar-refractivity contribution is -0.385. The maximum atomic E-state index is 13.1. The number of aryl methyl sites for hydroxylation is 2. The van der Waals surface area contributed by atoms with Crippen molar-refractivity contribution in [1.29, 1.82) is 0 Å². The van der Waals surface area contributed by atoms with E-state index in [2.05, 4.69) is 10.3 Å². The summed E-state index contributed by atoms with van der Waals surface area (Å²) in [7, 11) is 0. The third-order valence-electron chi connectivity index (χ3n) is 5.28. The van der Waals surface area contributed by atoms with E-state index < -0.39 is 4.92 Å². The Bertz CT molecular complexity index is 1390. The molecule has 0 saturated carbocycles. The number of nitro benzene ring substituents is 1. The van der Waals surface area contributed by atoms with Crippen LogP contribution in [0.3, 0.4) is 0 Å². The molecule has 2 aromatic heterocycles. The normalized spacial score (nSPS) is 10.9. The van der Waals surface area contributed by atoms with E-state index in [0.29, 0.717) is 21.5 Å². The van der Waals surface area contributed by atoms with Gasteiger partial charge in [-0.05, 0) is 25.5 Å². The minimum Gasteiger partial charge on any atom is -0.326 e. The fraction of sp³-hybridized carbons (Fsp3) is 0.174. The molecule has 0 fully saturated rings. The number of rotatable bonds is 6. The molecular weight excluding hydrogens is 428 g/mol. The fourth-order valence-corrected chi connectivity index (χ4v) is 4.37. The molecule has 0 unspecified atom stereocenters. The first-order chi connectivity index (χ1) is 15.3. The number of fused-ring (bicyclic) bond motifs is 1. The number of carbonyl (C=O) groups is 1. The van der Waals surface area contributed by atoms with Crippen LogP contribution in [0.5, 0.6) is 0 Å². The predicted octanol–water partition coefficient (Wildman–Crippen LogP) is 4.68. The van der Waals surface area contributed by atoms with Gasteiger partial charge in [-0.25, -0.2) is 4.98 Å². The Morgan fingerprint density at radius 1 is 1.19 bits per heavy atom. The fourth-order valence-electron chi connectivity index (χ4n) is 3.46. The van der Waals surface area contributed by atoms with E-state index in [0.717, 1.165) is 16.7 Å². The second-order valence-electron chi connectivity index (χ2n) is 7.44. The van der Waals surface area contributed by atoms with Gasteiger partial charge in [0.15, 0.2) is 0 Å². The number of benzene rings is 2. The zero-order chi connectivity index (χ0) is 22.8. The van der Waals surface area contributed by atoms with Crippen molar-refractivity contribution in [2.45, 2.75) is 26.8 Å². The number of hydrogen-bond acceptors (Lipinski definition) is 6. The maximum Gasteiger partial charge on any atom is 0.274 e. The molecule has 0 bridgehead atoms. The second kappa shape index (κ2) is 8.72. The van der Waals surface area contributed by atoms with Crippen LogP contribution in [0.4, 0.5) is 11.4 Å². The van der Waals surface area contributed by atoms with E-state index in [9.17, 15) is 19.7 Å². The maximum absolute atomic E-state index is 13.1. The van der Waals surface area contributed by atoms with Crippen LogP contribution in [-0.2, 0) is 11.3 Å². The first-order valence-electron chi connectivity index (χ1n) is 9.92. The zero-order valence-electron chi connectivity index (χ0n) is 17.5. The highest BCUT2D eigenvalue weighted by atomic mass is 32.1. The first kappa shape index (κ1) is 21.4. The average Bonchev–Trinajstić information content (AvgIpc) is 3.20. The number of nitrogens with one attached hydrogen (secondary N) is 1. The molecule has 1 amide bonds. The molecule has 4 rings (SSSR count). The zero-order valence-corrected chi connectivity index (χ0v) is 18.3. The highest BCUT2D eigenvalue weighted by molar-refractivity contribution is 7.17. The van der Waals surface area contributed by atoms with Gasteiger partial charge in [-0.1, -0.05) is 35.9 Å². The number of nitrogens with zero attached hydrogens (tertiary/aromatic N) is 3. The molecule has 4 aromatic rings. The van der Waals surface area contributed by atoms with Crippen molar-refractivity contribution in [3.05, 3.63) is 85.8 Å². The second-order valence-corrected chi connectivity index (χ2v) is 8.30. The number of aromatic nitrogens is 2. The van der Waals surface area contributed by atoms with Gasteiger partial charge in [0.1, 0.15) is 4.83 Å². The number of amides is 1. The van der Waals surface area contributed by atoms with Gasteiger partial charge >= 0.3 is 0 Å². The summed E-state index contributed by atoms with van der Waals surface area (Å²) >= 11 is 1.41. The molecule has 162 valence electrons. The number of thiophene rings is 1. The van der Waals surface area contributed by atoms with E-state index in [1.54, 1.807) is 13.0 Å². The SMILES string of the molecule is Cc1ccc(-c2csc3ncn(CCC(=O)Nc4cccc([N+](=O)[O-])c4C)c(=O)c23)cc1. The molecule has 2 aromatic carbocycles. The average molecular weight is 449 g/mol. The van der Waals surface area contributed by atoms with E-state index in [1.807, 2.05) is 36.6 Å². The molecule has 0 radical (unpaired) electrons. The number of anilines is 1. The van der Waals surface area contributed by atoms with Crippen molar-refractivity contribution >= 4 is 38.8 Å². The Balaban J connectivity index is 1.55. The van der Waals surface area contributed by atoms with Gasteiger partial charge < -0.3 is 5.32 Å². The van der Waals surface area contributed by atoms with Crippen LogP contribution in [0, 0.1) is 24.0 Å². The van der Waals surface area contributed by atoms with Crippen LogP contribution in [0.1, 0.15) is 17.5 Å². The van der Waals surface area contributed by atoms with E-state index in [1.165, 1.54) is 34.4 Å². The summed E-state index contributed by atoms with van der Waals surface area (Å²) in [5.41, 5.74) is 3.40. The Kier molecular flexibility index (Phi) is 5.83. The molecule has 0 saturated heterocycles. The van der Waals surface area contributed by atoms with E-state index in [4.69, 9.17) is 0 Å². The minimum absolute atomic E-state index is 0.0270. The molecule has 0 spiro atoms. The molecule has 0 atom stereocenters. The van der Waals surface area contributed by atoms with Crippen LogP contribution in [0.2, 0.25) is 0 Å². The largest absolute Gasteiger partial charge is 0.326 e. The first-order valence-corrected chi connectivity index (χ1v) is 10.8. The molecule has 9 heteroatoms. The van der Waals surface area contributed by atoms with Crippen LogP contribution >= 0.6 is 11.3 Å². The van der Waals surface area contributed by atoms with Crippen LogP contribution in [-0.4, -0.2) is 20.4 Å². The third-order valence-corrected chi connectivity index (χ3v) is 6.17. The van der Waals surface area contributed by atoms with Gasteiger partial charge in [0, 0.05) is 30.0 Å². The summed E-state index contributed by atoms with van der Waals surface area (Å²) in [6.07, 6.45) is 1.48. The van der Waals surface area contributed by atoms with Crippen LogP contribution in [0.25, 0.3) is 21.3 Å². The molecule has 0 aliphatic rings. The van der Waals surface area contributed by atoms with Gasteiger partial charge in [0.05, 0.1) is 27.9 Å². The lowest BCUT2D eigenvalue weighted by Crippen LogP contribution is -2.23. The molecule has 32 heavy (non-hydrogen) atoms. The standard InChI is InChI=1S/C23H20N4O4S/c1-14-6-8-16(9-7-14)17-12-32-22-21(17)23(29)26(13-24-22)11-10-20(28)25-18-4-3-5-19(15(18)2)27(30)31/h3-9,12-13H,10-11H2,1-2H3,(H,25,28). The summed E-state index contributed by atoms with van der Waals surface area (Å²) in [6, 6.07) is 12.5. The Morgan fingerprint density at radius 3 is 2.66 bits per heavy atom. The molecule has 0 aliphatic carbocycles. The van der Waals surface area contributed by atoms with Crippen molar-refractivity contribution in [1.82, 2.24) is 9.55 Å². The van der Waals surface area contributed by atoms with Crippen molar-refractivity contribution in [3.8, 4) is 11.1 Å².